The Balaban J connectivity index is 0.906. The molecule has 9 aromatic rings. The van der Waals surface area contributed by atoms with Gasteiger partial charge in [-0.1, -0.05) is 107 Å². The highest BCUT2D eigenvalue weighted by atomic mass is 35.5. The molecule has 0 saturated heterocycles. The third-order valence-corrected chi connectivity index (χ3v) is 13.0. The van der Waals surface area contributed by atoms with Crippen LogP contribution in [0, 0.1) is 13.8 Å². The third-order valence-electron chi connectivity index (χ3n) is 11.5. The number of nitrogens with one attached hydrogen (secondary N) is 2. The fourth-order valence-electron chi connectivity index (χ4n) is 7.62. The molecule has 366 valence electrons. The summed E-state index contributed by atoms with van der Waals surface area (Å²) in [7, 11) is 0. The number of carbonyl (C=O) groups is 4. The van der Waals surface area contributed by atoms with Gasteiger partial charge in [0.15, 0.2) is 11.5 Å². The fraction of sp³-hybridized carbons (Fsp3) is 0.0357. The molecule has 0 spiro atoms. The van der Waals surface area contributed by atoms with Gasteiger partial charge in [-0.25, -0.2) is 9.59 Å². The first-order valence-corrected chi connectivity index (χ1v) is 23.7. The van der Waals surface area contributed by atoms with Crippen LogP contribution in [0.4, 0.5) is 34.1 Å². The Kier molecular flexibility index (Phi) is 14.7. The molecule has 0 fully saturated rings. The van der Waals surface area contributed by atoms with Gasteiger partial charge in [0, 0.05) is 34.3 Å². The van der Waals surface area contributed by atoms with Crippen LogP contribution >= 0.6 is 46.4 Å². The number of aryl methyl sites for hydroxylation is 2. The lowest BCUT2D eigenvalue weighted by molar-refractivity contribution is 0.0724. The Morgan fingerprint density at radius 1 is 0.432 bits per heavy atom. The molecule has 0 unspecified atom stereocenters. The molecule has 9 aromatic carbocycles. The number of hydrogen-bond acceptors (Lipinski definition) is 12. The molecule has 0 radical (unpaired) electrons. The van der Waals surface area contributed by atoms with Crippen molar-refractivity contribution < 1.29 is 38.9 Å². The summed E-state index contributed by atoms with van der Waals surface area (Å²) in [5.41, 5.74) is 2.62. The fourth-order valence-corrected chi connectivity index (χ4v) is 8.20. The highest BCUT2D eigenvalue weighted by Crippen LogP contribution is 2.42. The van der Waals surface area contributed by atoms with Crippen LogP contribution in [-0.2, 0) is 0 Å². The molecule has 0 aliphatic carbocycles. The number of esters is 2. The van der Waals surface area contributed by atoms with Crippen molar-refractivity contribution in [3.63, 3.8) is 0 Å². The van der Waals surface area contributed by atoms with Crippen LogP contribution < -0.4 is 20.1 Å². The molecule has 0 aliphatic heterocycles. The van der Waals surface area contributed by atoms with Crippen LogP contribution in [0.15, 0.2) is 178 Å². The molecule has 0 aliphatic rings. The van der Waals surface area contributed by atoms with Crippen LogP contribution in [-0.4, -0.2) is 34.0 Å². The lowest BCUT2D eigenvalue weighted by Gasteiger charge is -2.13. The zero-order valence-electron chi connectivity index (χ0n) is 38.7. The minimum atomic E-state index is -0.669. The van der Waals surface area contributed by atoms with Crippen LogP contribution in [0.1, 0.15) is 52.6 Å². The molecular weight excluding hydrogens is 1030 g/mol. The Labute approximate surface area is 441 Å². The molecule has 0 heterocycles. The molecule has 9 rings (SSSR count). The second-order valence-corrected chi connectivity index (χ2v) is 18.1. The maximum atomic E-state index is 13.8. The summed E-state index contributed by atoms with van der Waals surface area (Å²) in [6, 6.07) is 41.7. The van der Waals surface area contributed by atoms with Gasteiger partial charge in [0.2, 0.25) is 0 Å². The number of amides is 2. The number of halogens is 4. The van der Waals surface area contributed by atoms with Crippen LogP contribution in [0.3, 0.4) is 0 Å². The molecule has 0 bridgehead atoms. The van der Waals surface area contributed by atoms with Crippen molar-refractivity contribution in [2.45, 2.75) is 13.8 Å². The Morgan fingerprint density at radius 2 is 0.824 bits per heavy atom. The van der Waals surface area contributed by atoms with E-state index in [-0.39, 0.29) is 66.5 Å². The van der Waals surface area contributed by atoms with Crippen molar-refractivity contribution in [3.05, 3.63) is 211 Å². The number of nitrogens with zero attached hydrogens (tertiary/aromatic N) is 4. The van der Waals surface area contributed by atoms with Crippen LogP contribution in [0.5, 0.6) is 23.0 Å². The summed E-state index contributed by atoms with van der Waals surface area (Å²) in [4.78, 5) is 54.0. The largest absolute Gasteiger partial charge is 0.505 e. The first-order chi connectivity index (χ1) is 35.6. The standard InChI is InChI=1S/C56H36Cl4N6O8/c1-29-11-13-35(25-41(29)55(71)73-37-19-21-45(57)47(59)27-37)63-65-49-39-9-5-3-7-31(39)23-43(51(49)67)53(69)61-33-15-17-34(18-16-33)62-54(70)44-24-32-8-4-6-10-40(32)50(52(44)68)66-64-36-14-12-30(2)42(26-36)56(72)74-38-20-22-46(58)48(60)28-38/h3-28,67-68H,1-2H3,(H,61,69)(H,62,70). The second kappa shape index (κ2) is 21.6. The van der Waals surface area contributed by atoms with E-state index in [1.807, 2.05) is 0 Å². The Hall–Kier alpha value is -8.66. The minimum absolute atomic E-state index is 0.0110. The summed E-state index contributed by atoms with van der Waals surface area (Å²) in [6.07, 6.45) is 0. The summed E-state index contributed by atoms with van der Waals surface area (Å²) in [6.45, 7) is 3.47. The summed E-state index contributed by atoms with van der Waals surface area (Å²) in [5.74, 6) is -3.17. The number of anilines is 2. The lowest BCUT2D eigenvalue weighted by Crippen LogP contribution is -2.13. The zero-order chi connectivity index (χ0) is 52.2. The molecule has 2 amide bonds. The average molecular weight is 1060 g/mol. The van der Waals surface area contributed by atoms with Crippen molar-refractivity contribution in [1.82, 2.24) is 0 Å². The van der Waals surface area contributed by atoms with Gasteiger partial charge < -0.3 is 30.3 Å². The normalized spacial score (nSPS) is 11.3. The minimum Gasteiger partial charge on any atom is -0.505 e. The van der Waals surface area contributed by atoms with Crippen LogP contribution in [0.2, 0.25) is 20.1 Å². The first kappa shape index (κ1) is 50.3. The number of aromatic hydroxyl groups is 2. The van der Waals surface area contributed by atoms with E-state index in [2.05, 4.69) is 31.1 Å². The number of carbonyl (C=O) groups excluding carboxylic acids is 4. The monoisotopic (exact) mass is 1060 g/mol. The van der Waals surface area contributed by atoms with Crippen molar-refractivity contribution in [2.24, 2.45) is 20.5 Å². The number of phenols is 2. The van der Waals surface area contributed by atoms with Crippen molar-refractivity contribution >= 4 is 126 Å². The smallest absolute Gasteiger partial charge is 0.343 e. The summed E-state index contributed by atoms with van der Waals surface area (Å²) < 4.78 is 11.0. The number of phenolic OH excluding ortho intramolecular Hbond substituents is 2. The molecule has 18 heteroatoms. The highest BCUT2D eigenvalue weighted by Gasteiger charge is 2.22. The molecule has 0 atom stereocenters. The van der Waals surface area contributed by atoms with Gasteiger partial charge in [0.25, 0.3) is 11.8 Å². The quantitative estimate of drug-likeness (QED) is 0.0526. The molecule has 0 aromatic heterocycles. The number of rotatable bonds is 12. The van der Waals surface area contributed by atoms with Crippen LogP contribution in [0.25, 0.3) is 21.5 Å². The second-order valence-electron chi connectivity index (χ2n) is 16.5. The van der Waals surface area contributed by atoms with Crippen molar-refractivity contribution in [1.29, 1.82) is 0 Å². The van der Waals surface area contributed by atoms with Gasteiger partial charge in [-0.3, -0.25) is 9.59 Å². The topological polar surface area (TPSA) is 201 Å². The van der Waals surface area contributed by atoms with E-state index in [0.29, 0.717) is 54.1 Å². The first-order valence-electron chi connectivity index (χ1n) is 22.2. The van der Waals surface area contributed by atoms with Crippen molar-refractivity contribution in [3.8, 4) is 23.0 Å². The van der Waals surface area contributed by atoms with Crippen molar-refractivity contribution in [2.75, 3.05) is 10.6 Å². The third kappa shape index (κ3) is 11.0. The van der Waals surface area contributed by atoms with Gasteiger partial charge in [-0.05, 0) is 121 Å². The Bertz CT molecular complexity index is 3580. The van der Waals surface area contributed by atoms with Gasteiger partial charge in [-0.15, -0.1) is 10.2 Å². The summed E-state index contributed by atoms with van der Waals surface area (Å²) in [5, 5.41) is 49.2. The maximum Gasteiger partial charge on any atom is 0.343 e. The molecule has 4 N–H and O–H groups in total. The lowest BCUT2D eigenvalue weighted by atomic mass is 10.0. The molecule has 74 heavy (non-hydrogen) atoms. The van der Waals surface area contributed by atoms with E-state index in [1.54, 1.807) is 111 Å². The predicted octanol–water partition coefficient (Wildman–Crippen LogP) is 16.4. The van der Waals surface area contributed by atoms with E-state index >= 15 is 0 Å². The predicted molar refractivity (Wildman–Crippen MR) is 287 cm³/mol. The van der Waals surface area contributed by atoms with E-state index in [4.69, 9.17) is 55.9 Å². The van der Waals surface area contributed by atoms with Gasteiger partial charge in [0.05, 0.1) is 53.7 Å². The SMILES string of the molecule is Cc1ccc(N=Nc2c(O)c(C(=O)Nc3ccc(NC(=O)c4cc5ccccc5c(N=Nc5ccc(C)c(C(=O)Oc6ccc(Cl)c(Cl)c6)c5)c4O)cc3)cc3ccccc23)cc1C(=O)Oc1ccc(Cl)c(Cl)c1. The average Bonchev–Trinajstić information content (AvgIpc) is 3.39. The number of fused-ring (bicyclic) bond motifs is 2. The maximum absolute atomic E-state index is 13.8. The van der Waals surface area contributed by atoms with Gasteiger partial charge in [0.1, 0.15) is 22.9 Å². The number of azo groups is 2. The number of benzene rings is 9. The number of hydrogen-bond donors (Lipinski definition) is 4. The highest BCUT2D eigenvalue weighted by molar-refractivity contribution is 6.42. The van der Waals surface area contributed by atoms with E-state index < -0.39 is 35.3 Å². The van der Waals surface area contributed by atoms with Gasteiger partial charge >= 0.3 is 11.9 Å². The zero-order valence-corrected chi connectivity index (χ0v) is 41.7. The van der Waals surface area contributed by atoms with E-state index in [1.165, 1.54) is 60.7 Å². The Morgan fingerprint density at radius 3 is 1.22 bits per heavy atom. The van der Waals surface area contributed by atoms with Gasteiger partial charge in [-0.2, -0.15) is 10.2 Å². The summed E-state index contributed by atoms with van der Waals surface area (Å²) >= 11 is 24.2. The molecular formula is C56H36Cl4N6O8. The molecule has 14 nitrogen and oxygen atoms in total. The van der Waals surface area contributed by atoms with E-state index in [9.17, 15) is 29.4 Å². The number of ether oxygens (including phenoxy) is 2. The molecule has 0 saturated carbocycles. The van der Waals surface area contributed by atoms with E-state index in [0.717, 1.165) is 0 Å².